The van der Waals surface area contributed by atoms with Gasteiger partial charge in [0.2, 0.25) is 0 Å². The van der Waals surface area contributed by atoms with Crippen molar-refractivity contribution in [2.75, 3.05) is 26.6 Å². The lowest BCUT2D eigenvalue weighted by molar-refractivity contribution is -0.143. The molecule has 4 heteroatoms. The van der Waals surface area contributed by atoms with Gasteiger partial charge in [0.25, 0.3) is 0 Å². The molecule has 2 aliphatic carbocycles. The highest BCUT2D eigenvalue weighted by atomic mass is 35.5. The first kappa shape index (κ1) is 17.2. The third kappa shape index (κ3) is 4.08. The molecule has 1 aliphatic heterocycles. The number of hydrogen-bond acceptors (Lipinski definition) is 3. The van der Waals surface area contributed by atoms with Crippen LogP contribution in [0.25, 0.3) is 0 Å². The van der Waals surface area contributed by atoms with Crippen LogP contribution < -0.4 is 0 Å². The molecule has 0 N–H and O–H groups in total. The molecule has 0 saturated carbocycles. The quantitative estimate of drug-likeness (QED) is 0.553. The molecule has 3 aliphatic rings. The van der Waals surface area contributed by atoms with Gasteiger partial charge in [-0.2, -0.15) is 0 Å². The highest BCUT2D eigenvalue weighted by molar-refractivity contribution is 6.29. The molecule has 1 fully saturated rings. The molecule has 0 atom stereocenters. The van der Waals surface area contributed by atoms with Crippen molar-refractivity contribution < 1.29 is 9.47 Å². The Morgan fingerprint density at radius 3 is 2.65 bits per heavy atom. The molecule has 3 rings (SSSR count). The number of halogens is 1. The number of rotatable bonds is 4. The lowest BCUT2D eigenvalue weighted by Crippen LogP contribution is -2.41. The van der Waals surface area contributed by atoms with E-state index in [4.69, 9.17) is 21.1 Å². The van der Waals surface area contributed by atoms with Crippen LogP contribution in [-0.2, 0) is 9.47 Å². The van der Waals surface area contributed by atoms with E-state index in [9.17, 15) is 0 Å². The zero-order chi connectivity index (χ0) is 16.5. The Kier molecular flexibility index (Phi) is 5.03. The summed E-state index contributed by atoms with van der Waals surface area (Å²) in [4.78, 5) is 2.37. The summed E-state index contributed by atoms with van der Waals surface area (Å²) in [6.07, 6.45) is 11.4. The first-order chi connectivity index (χ1) is 10.9. The average molecular weight is 338 g/mol. The van der Waals surface area contributed by atoms with Gasteiger partial charge in [-0.05, 0) is 63.7 Å². The van der Waals surface area contributed by atoms with E-state index in [2.05, 4.69) is 23.1 Å². The zero-order valence-corrected chi connectivity index (χ0v) is 15.3. The van der Waals surface area contributed by atoms with Crippen LogP contribution in [0.2, 0.25) is 0 Å². The second-order valence-electron chi connectivity index (χ2n) is 7.85. The second kappa shape index (κ2) is 6.72. The first-order valence-electron chi connectivity index (χ1n) is 8.61. The summed E-state index contributed by atoms with van der Waals surface area (Å²) in [5, 5.41) is 1.01. The predicted octanol–water partition coefficient (Wildman–Crippen LogP) is 4.60. The number of allylic oxidation sites excluding steroid dienone is 6. The number of hydrogen-bond donors (Lipinski definition) is 0. The van der Waals surface area contributed by atoms with Crippen molar-refractivity contribution in [1.82, 2.24) is 4.90 Å². The molecule has 128 valence electrons. The maximum atomic E-state index is 6.29. The molecule has 3 nitrogen and oxygen atoms in total. The molecule has 1 saturated heterocycles. The van der Waals surface area contributed by atoms with Crippen LogP contribution in [0, 0.1) is 5.41 Å². The van der Waals surface area contributed by atoms with E-state index in [0.717, 1.165) is 43.8 Å². The van der Waals surface area contributed by atoms with Gasteiger partial charge in [-0.1, -0.05) is 23.8 Å². The van der Waals surface area contributed by atoms with Gasteiger partial charge in [0.15, 0.2) is 0 Å². The van der Waals surface area contributed by atoms with Gasteiger partial charge in [0, 0.05) is 23.5 Å². The Labute approximate surface area is 145 Å². The van der Waals surface area contributed by atoms with Gasteiger partial charge in [-0.25, -0.2) is 0 Å². The van der Waals surface area contributed by atoms with Crippen molar-refractivity contribution in [2.45, 2.75) is 52.1 Å². The van der Waals surface area contributed by atoms with Gasteiger partial charge in [0.1, 0.15) is 13.5 Å². The molecule has 0 aromatic heterocycles. The van der Waals surface area contributed by atoms with Crippen molar-refractivity contribution >= 4 is 11.6 Å². The van der Waals surface area contributed by atoms with Crippen LogP contribution in [0.5, 0.6) is 0 Å². The Morgan fingerprint density at radius 2 is 1.96 bits per heavy atom. The number of likely N-dealkylation sites (tertiary alicyclic amines) is 1. The van der Waals surface area contributed by atoms with Crippen molar-refractivity contribution in [1.29, 1.82) is 0 Å². The lowest BCUT2D eigenvalue weighted by Gasteiger charge is -2.40. The minimum absolute atomic E-state index is 0.143. The Morgan fingerprint density at radius 1 is 1.22 bits per heavy atom. The van der Waals surface area contributed by atoms with Crippen LogP contribution in [0.1, 0.15) is 46.5 Å². The zero-order valence-electron chi connectivity index (χ0n) is 14.5. The van der Waals surface area contributed by atoms with E-state index in [1.54, 1.807) is 0 Å². The van der Waals surface area contributed by atoms with Crippen LogP contribution in [0.3, 0.4) is 0 Å². The summed E-state index contributed by atoms with van der Waals surface area (Å²) in [6, 6.07) is 0. The smallest absolute Gasteiger partial charge is 0.149 e. The van der Waals surface area contributed by atoms with Crippen molar-refractivity contribution in [2.24, 2.45) is 5.41 Å². The summed E-state index contributed by atoms with van der Waals surface area (Å²) in [5.74, 6) is 0. The fourth-order valence-electron chi connectivity index (χ4n) is 3.60. The van der Waals surface area contributed by atoms with Crippen molar-refractivity contribution in [3.8, 4) is 0 Å². The van der Waals surface area contributed by atoms with E-state index in [1.807, 2.05) is 20.8 Å². The molecule has 23 heavy (non-hydrogen) atoms. The molecule has 0 amide bonds. The molecule has 0 unspecified atom stereocenters. The molecule has 0 aromatic rings. The highest BCUT2D eigenvalue weighted by Crippen LogP contribution is 2.49. The Hall–Kier alpha value is -0.610. The van der Waals surface area contributed by atoms with Gasteiger partial charge in [-0.3, -0.25) is 4.90 Å². The standard InChI is InChI=1S/C19H28ClNO2/c1-18(2,3)23-14-22-13-21-10-8-19(9-11-21)7-6-15-4-5-16(20)12-17(15)19/h6-7,12H,4-5,8-11,13-14H2,1-3H3. The van der Waals surface area contributed by atoms with Crippen LogP contribution in [0.15, 0.2) is 34.4 Å². The van der Waals surface area contributed by atoms with E-state index in [-0.39, 0.29) is 11.0 Å². The summed E-state index contributed by atoms with van der Waals surface area (Å²) in [7, 11) is 0. The Bertz CT molecular complexity index is 534. The maximum absolute atomic E-state index is 6.29. The number of nitrogens with zero attached hydrogens (tertiary/aromatic N) is 1. The van der Waals surface area contributed by atoms with E-state index in [1.165, 1.54) is 11.1 Å². The summed E-state index contributed by atoms with van der Waals surface area (Å²) in [5.41, 5.74) is 3.05. The van der Waals surface area contributed by atoms with Gasteiger partial charge < -0.3 is 9.47 Å². The lowest BCUT2D eigenvalue weighted by atomic mass is 9.72. The molecular weight excluding hydrogens is 310 g/mol. The fraction of sp³-hybridized carbons (Fsp3) is 0.684. The Balaban J connectivity index is 1.49. The second-order valence-corrected chi connectivity index (χ2v) is 8.33. The van der Waals surface area contributed by atoms with Gasteiger partial charge >= 0.3 is 0 Å². The molecule has 1 heterocycles. The van der Waals surface area contributed by atoms with Crippen LogP contribution >= 0.6 is 11.6 Å². The molecular formula is C19H28ClNO2. The SMILES string of the molecule is CC(C)(C)OCOCN1CCC2(C=CC3=C2C=C(Cl)CC3)CC1. The minimum Gasteiger partial charge on any atom is -0.350 e. The summed E-state index contributed by atoms with van der Waals surface area (Å²) >= 11 is 6.29. The first-order valence-corrected chi connectivity index (χ1v) is 8.99. The monoisotopic (exact) mass is 337 g/mol. The van der Waals surface area contributed by atoms with Gasteiger partial charge in [-0.15, -0.1) is 0 Å². The fourth-order valence-corrected chi connectivity index (χ4v) is 3.80. The number of piperidine rings is 1. The van der Waals surface area contributed by atoms with Crippen LogP contribution in [-0.4, -0.2) is 37.1 Å². The van der Waals surface area contributed by atoms with E-state index >= 15 is 0 Å². The summed E-state index contributed by atoms with van der Waals surface area (Å²) in [6.45, 7) is 9.26. The molecule has 0 aromatic carbocycles. The molecule has 0 radical (unpaired) electrons. The topological polar surface area (TPSA) is 21.7 Å². The maximum Gasteiger partial charge on any atom is 0.149 e. The number of fused-ring (bicyclic) bond motifs is 1. The minimum atomic E-state index is -0.143. The van der Waals surface area contributed by atoms with Crippen molar-refractivity contribution in [3.63, 3.8) is 0 Å². The largest absolute Gasteiger partial charge is 0.350 e. The number of ether oxygens (including phenoxy) is 2. The average Bonchev–Trinajstić information content (AvgIpc) is 2.83. The van der Waals surface area contributed by atoms with E-state index < -0.39 is 0 Å². The third-order valence-electron chi connectivity index (χ3n) is 5.02. The molecule has 0 bridgehead atoms. The van der Waals surface area contributed by atoms with Gasteiger partial charge in [0.05, 0.1) is 5.60 Å². The third-order valence-corrected chi connectivity index (χ3v) is 5.32. The van der Waals surface area contributed by atoms with E-state index in [0.29, 0.717) is 13.5 Å². The summed E-state index contributed by atoms with van der Waals surface area (Å²) < 4.78 is 11.3. The highest BCUT2D eigenvalue weighted by Gasteiger charge is 2.39. The molecule has 1 spiro atoms. The predicted molar refractivity (Wildman–Crippen MR) is 94.2 cm³/mol. The van der Waals surface area contributed by atoms with Crippen molar-refractivity contribution in [3.05, 3.63) is 34.4 Å². The van der Waals surface area contributed by atoms with Crippen LogP contribution in [0.4, 0.5) is 0 Å². The normalized spacial score (nSPS) is 24.3.